The summed E-state index contributed by atoms with van der Waals surface area (Å²) in [5.41, 5.74) is 1.07. The molecule has 0 aliphatic carbocycles. The number of methoxy groups -OCH3 is 1. The smallest absolute Gasteiger partial charge is 0.256 e. The zero-order valence-electron chi connectivity index (χ0n) is 19.9. The van der Waals surface area contributed by atoms with Crippen molar-refractivity contribution < 1.29 is 22.7 Å². The van der Waals surface area contributed by atoms with Crippen LogP contribution < -0.4 is 15.4 Å². The first-order valence-electron chi connectivity index (χ1n) is 11.6. The highest BCUT2D eigenvalue weighted by Gasteiger charge is 2.37. The number of pyridine rings is 1. The van der Waals surface area contributed by atoms with E-state index in [-0.39, 0.29) is 28.7 Å². The maximum atomic E-state index is 13.6. The topological polar surface area (TPSA) is 118 Å². The molecule has 3 aromatic rings. The summed E-state index contributed by atoms with van der Waals surface area (Å²) in [6, 6.07) is 17.7. The van der Waals surface area contributed by atoms with Crippen molar-refractivity contribution >= 4 is 27.7 Å². The van der Waals surface area contributed by atoms with Gasteiger partial charge in [0.1, 0.15) is 6.04 Å². The van der Waals surface area contributed by atoms with Crippen molar-refractivity contribution in [1.82, 2.24) is 14.6 Å². The van der Waals surface area contributed by atoms with Crippen LogP contribution in [0.1, 0.15) is 35.2 Å². The minimum absolute atomic E-state index is 0.0501. The molecule has 0 radical (unpaired) electrons. The number of sulfonamides is 1. The second-order valence-corrected chi connectivity index (χ2v) is 10.3. The van der Waals surface area contributed by atoms with E-state index in [9.17, 15) is 18.0 Å². The molecule has 1 atom stereocenters. The van der Waals surface area contributed by atoms with Gasteiger partial charge < -0.3 is 15.4 Å². The fraction of sp³-hybridized carbons (Fsp3) is 0.269. The first kappa shape index (κ1) is 25.3. The van der Waals surface area contributed by atoms with Gasteiger partial charge in [-0.3, -0.25) is 9.59 Å². The van der Waals surface area contributed by atoms with Crippen LogP contribution in [0.25, 0.3) is 0 Å². The third-order valence-corrected chi connectivity index (χ3v) is 7.90. The van der Waals surface area contributed by atoms with Crippen molar-refractivity contribution in [3.05, 3.63) is 84.1 Å². The van der Waals surface area contributed by atoms with Crippen molar-refractivity contribution in [2.24, 2.45) is 0 Å². The fourth-order valence-electron chi connectivity index (χ4n) is 4.12. The standard InChI is InChI=1S/C26H28N4O5S/c1-35-23-14-8-15-27-24(23)29-25(31)20-11-7-12-21(17-20)36(33,34)30-16-6-5-13-22(30)26(32)28-18-19-9-3-2-4-10-19/h2-4,7-12,14-15,17,22H,5-6,13,16,18H2,1H3,(H,28,32)(H,27,29,31). The third kappa shape index (κ3) is 5.72. The first-order valence-corrected chi connectivity index (χ1v) is 13.1. The monoisotopic (exact) mass is 508 g/mol. The number of anilines is 1. The van der Waals surface area contributed by atoms with E-state index in [0.717, 1.165) is 12.0 Å². The molecule has 1 unspecified atom stereocenters. The molecule has 0 saturated carbocycles. The van der Waals surface area contributed by atoms with E-state index in [1.165, 1.54) is 41.9 Å². The molecule has 0 bridgehead atoms. The molecule has 1 aromatic heterocycles. The molecule has 2 amide bonds. The highest BCUT2D eigenvalue weighted by molar-refractivity contribution is 7.89. The Hall–Kier alpha value is -3.76. The van der Waals surface area contributed by atoms with Gasteiger partial charge in [-0.15, -0.1) is 0 Å². The van der Waals surface area contributed by atoms with E-state index in [1.54, 1.807) is 12.1 Å². The Morgan fingerprint density at radius 2 is 1.86 bits per heavy atom. The average molecular weight is 509 g/mol. The number of nitrogens with zero attached hydrogens (tertiary/aromatic N) is 2. The van der Waals surface area contributed by atoms with E-state index in [1.807, 2.05) is 30.3 Å². The fourth-order valence-corrected chi connectivity index (χ4v) is 5.82. The largest absolute Gasteiger partial charge is 0.493 e. The Labute approximate surface area is 210 Å². The minimum atomic E-state index is -4.03. The summed E-state index contributed by atoms with van der Waals surface area (Å²) < 4.78 is 33.6. The minimum Gasteiger partial charge on any atom is -0.493 e. The van der Waals surface area contributed by atoms with Crippen molar-refractivity contribution in [3.8, 4) is 5.75 Å². The van der Waals surface area contributed by atoms with Crippen LogP contribution in [0.15, 0.2) is 77.8 Å². The number of hydrogen-bond acceptors (Lipinski definition) is 6. The van der Waals surface area contributed by atoms with Gasteiger partial charge in [0.2, 0.25) is 15.9 Å². The van der Waals surface area contributed by atoms with Crippen LogP contribution in [0.4, 0.5) is 5.82 Å². The molecule has 4 rings (SSSR count). The molecule has 1 aliphatic rings. The van der Waals surface area contributed by atoms with E-state index in [2.05, 4.69) is 15.6 Å². The van der Waals surface area contributed by atoms with Gasteiger partial charge in [-0.05, 0) is 48.7 Å². The summed E-state index contributed by atoms with van der Waals surface area (Å²) in [6.07, 6.45) is 3.35. The quantitative estimate of drug-likeness (QED) is 0.483. The Morgan fingerprint density at radius 1 is 1.06 bits per heavy atom. The lowest BCUT2D eigenvalue weighted by Gasteiger charge is -2.33. The summed E-state index contributed by atoms with van der Waals surface area (Å²) in [5, 5.41) is 5.51. The summed E-state index contributed by atoms with van der Waals surface area (Å²) >= 11 is 0. The molecular weight excluding hydrogens is 480 g/mol. The van der Waals surface area contributed by atoms with Gasteiger partial charge in [-0.25, -0.2) is 13.4 Å². The summed E-state index contributed by atoms with van der Waals surface area (Å²) in [6.45, 7) is 0.546. The lowest BCUT2D eigenvalue weighted by molar-refractivity contribution is -0.125. The zero-order valence-corrected chi connectivity index (χ0v) is 20.7. The predicted octanol–water partition coefficient (Wildman–Crippen LogP) is 3.20. The Kier molecular flexibility index (Phi) is 7.97. The van der Waals surface area contributed by atoms with Crippen molar-refractivity contribution in [2.75, 3.05) is 19.0 Å². The molecule has 10 heteroatoms. The maximum Gasteiger partial charge on any atom is 0.256 e. The SMILES string of the molecule is COc1cccnc1NC(=O)c1cccc(S(=O)(=O)N2CCCCC2C(=O)NCc2ccccc2)c1. The van der Waals surface area contributed by atoms with E-state index < -0.39 is 22.0 Å². The molecule has 0 spiro atoms. The molecule has 188 valence electrons. The number of piperidine rings is 1. The molecule has 1 saturated heterocycles. The van der Waals surface area contributed by atoms with Crippen LogP contribution in [0.3, 0.4) is 0 Å². The van der Waals surface area contributed by atoms with Crippen molar-refractivity contribution in [3.63, 3.8) is 0 Å². The number of carbonyl (C=O) groups is 2. The molecular formula is C26H28N4O5S. The number of ether oxygens (including phenoxy) is 1. The van der Waals surface area contributed by atoms with Gasteiger partial charge in [-0.2, -0.15) is 4.31 Å². The maximum absolute atomic E-state index is 13.6. The number of hydrogen-bond donors (Lipinski definition) is 2. The van der Waals surface area contributed by atoms with Gasteiger partial charge >= 0.3 is 0 Å². The van der Waals surface area contributed by atoms with E-state index in [4.69, 9.17) is 4.74 Å². The second kappa shape index (κ2) is 11.3. The number of amides is 2. The number of aromatic nitrogens is 1. The van der Waals surface area contributed by atoms with Gasteiger partial charge in [0, 0.05) is 24.8 Å². The van der Waals surface area contributed by atoms with Crippen LogP contribution >= 0.6 is 0 Å². The molecule has 9 nitrogen and oxygen atoms in total. The Morgan fingerprint density at radius 3 is 2.64 bits per heavy atom. The van der Waals surface area contributed by atoms with Gasteiger partial charge in [0.25, 0.3) is 5.91 Å². The zero-order chi connectivity index (χ0) is 25.5. The highest BCUT2D eigenvalue weighted by atomic mass is 32.2. The van der Waals surface area contributed by atoms with Crippen molar-refractivity contribution in [2.45, 2.75) is 36.7 Å². The number of carbonyl (C=O) groups excluding carboxylic acids is 2. The van der Waals surface area contributed by atoms with Crippen LogP contribution in [-0.4, -0.2) is 49.2 Å². The van der Waals surface area contributed by atoms with Crippen LogP contribution in [0.5, 0.6) is 5.75 Å². The normalized spacial score (nSPS) is 16.2. The second-order valence-electron chi connectivity index (χ2n) is 8.37. The van der Waals surface area contributed by atoms with E-state index >= 15 is 0 Å². The summed E-state index contributed by atoms with van der Waals surface area (Å²) in [7, 11) is -2.57. The highest BCUT2D eigenvalue weighted by Crippen LogP contribution is 2.27. The van der Waals surface area contributed by atoms with Gasteiger partial charge in [0.05, 0.1) is 12.0 Å². The molecule has 2 N–H and O–H groups in total. The van der Waals surface area contributed by atoms with E-state index in [0.29, 0.717) is 25.1 Å². The van der Waals surface area contributed by atoms with Crippen LogP contribution in [-0.2, 0) is 21.4 Å². The first-order chi connectivity index (χ1) is 17.4. The van der Waals surface area contributed by atoms with Crippen molar-refractivity contribution in [1.29, 1.82) is 0 Å². The van der Waals surface area contributed by atoms with Gasteiger partial charge in [0.15, 0.2) is 11.6 Å². The predicted molar refractivity (Wildman–Crippen MR) is 135 cm³/mol. The van der Waals surface area contributed by atoms with Crippen LogP contribution in [0.2, 0.25) is 0 Å². The molecule has 2 aromatic carbocycles. The average Bonchev–Trinajstić information content (AvgIpc) is 2.92. The lowest BCUT2D eigenvalue weighted by atomic mass is 10.0. The molecule has 1 fully saturated rings. The van der Waals surface area contributed by atoms with Gasteiger partial charge in [-0.1, -0.05) is 42.8 Å². The molecule has 1 aliphatic heterocycles. The number of rotatable bonds is 8. The van der Waals surface area contributed by atoms with Crippen LogP contribution in [0, 0.1) is 0 Å². The third-order valence-electron chi connectivity index (χ3n) is 5.99. The molecule has 2 heterocycles. The molecule has 36 heavy (non-hydrogen) atoms. The Balaban J connectivity index is 1.52. The Bertz CT molecular complexity index is 1330. The summed E-state index contributed by atoms with van der Waals surface area (Å²) in [4.78, 5) is 29.9. The summed E-state index contributed by atoms with van der Waals surface area (Å²) in [5.74, 6) is -0.255. The lowest BCUT2D eigenvalue weighted by Crippen LogP contribution is -2.51. The number of nitrogens with one attached hydrogen (secondary N) is 2. The number of benzene rings is 2.